The third-order valence-corrected chi connectivity index (χ3v) is 0. The second-order valence-corrected chi connectivity index (χ2v) is 0. The zero-order valence-electron chi connectivity index (χ0n) is 1.69. The van der Waals surface area contributed by atoms with E-state index in [1.165, 1.54) is 0 Å². The fourth-order valence-corrected chi connectivity index (χ4v) is 0. The van der Waals surface area contributed by atoms with Crippen molar-refractivity contribution in [1.82, 2.24) is 0 Å². The monoisotopic (exact) mass is 365 g/mol. The molecule has 0 heterocycles. The summed E-state index contributed by atoms with van der Waals surface area (Å²) in [6.45, 7) is 0. The molecule has 0 fully saturated rings. The molecule has 0 aliphatic heterocycles. The van der Waals surface area contributed by atoms with Crippen LogP contribution in [0.15, 0.2) is 0 Å². The Morgan fingerprint density at radius 1 is 1.25 bits per heavy atom. The molecule has 23 valence electrons. The Balaban J connectivity index is 0. The molecule has 2 nitrogen and oxygen atoms in total. The number of hydrogen-bond acceptors (Lipinski definition) is 2. The zero-order chi connectivity index (χ0) is 4.00. The van der Waals surface area contributed by atoms with Crippen molar-refractivity contribution in [2.24, 2.45) is 0 Å². The Kier molecular flexibility index (Phi) is 46.3. The summed E-state index contributed by atoms with van der Waals surface area (Å²) in [6.07, 6.45) is 0. The van der Waals surface area contributed by atoms with E-state index in [0.717, 1.165) is 0 Å². The van der Waals surface area contributed by atoms with Gasteiger partial charge >= 0.3 is 74.4 Å². The fraction of sp³-hybridized carbons (Fsp3) is 0. The normalized spacial score (nSPS) is 1.75. The van der Waals surface area contributed by atoms with E-state index in [4.69, 9.17) is 2.83 Å². The van der Waals surface area contributed by atoms with Gasteiger partial charge in [-0.2, -0.15) is 0 Å². The first-order chi connectivity index (χ1) is 2.00. The average molecular weight is 362 g/mol. The summed E-state index contributed by atoms with van der Waals surface area (Å²) in [4.78, 5) is 0. The van der Waals surface area contributed by atoms with Crippen LogP contribution in [-0.4, -0.2) is 0 Å². The van der Waals surface area contributed by atoms with Gasteiger partial charge in [-0.15, -0.1) is 0 Å². The van der Waals surface area contributed by atoms with Gasteiger partial charge in [-0.05, 0) is 0 Å². The second-order valence-electron chi connectivity index (χ2n) is 0. The van der Waals surface area contributed by atoms with Crippen molar-refractivity contribution in [2.75, 3.05) is 0 Å². The Hall–Kier alpha value is 2.05. The molecule has 4 heteroatoms. The molecule has 0 unspecified atom stereocenters. The van der Waals surface area contributed by atoms with E-state index in [1.54, 1.807) is 0 Å². The molecule has 0 aliphatic carbocycles. The van der Waals surface area contributed by atoms with E-state index in [1.807, 2.05) is 0 Å². The SMILES string of the molecule is [O]=[Eu].[O]=[Hf]. The summed E-state index contributed by atoms with van der Waals surface area (Å²) in [5.74, 6) is 0. The standard InChI is InChI=1S/Eu.Hf.2O. The molecule has 0 bridgehead atoms. The van der Waals surface area contributed by atoms with Crippen molar-refractivity contribution in [2.45, 2.75) is 0 Å². The van der Waals surface area contributed by atoms with E-state index in [-0.39, 0.29) is 24.4 Å². The molecule has 0 aliphatic rings. The van der Waals surface area contributed by atoms with Crippen molar-refractivity contribution in [1.29, 1.82) is 0 Å². The summed E-state index contributed by atoms with van der Waals surface area (Å²) in [6, 6.07) is 0. The number of rotatable bonds is 0. The van der Waals surface area contributed by atoms with Crippen LogP contribution in [0.25, 0.3) is 0 Å². The number of hydrogen-bond donors (Lipinski definition) is 0. The molecule has 0 aromatic heterocycles. The summed E-state index contributed by atoms with van der Waals surface area (Å²) in [5.41, 5.74) is 0. The molecule has 0 aromatic rings. The van der Waals surface area contributed by atoms with Crippen molar-refractivity contribution in [3.8, 4) is 0 Å². The van der Waals surface area contributed by atoms with Gasteiger partial charge in [-0.1, -0.05) is 0 Å². The van der Waals surface area contributed by atoms with Crippen LogP contribution in [0, 0.1) is 47.2 Å². The summed E-state index contributed by atoms with van der Waals surface area (Å²) in [5, 5.41) is 0. The van der Waals surface area contributed by atoms with Gasteiger partial charge in [0.1, 0.15) is 0 Å². The van der Waals surface area contributed by atoms with Crippen LogP contribution in [0.3, 0.4) is 0 Å². The molecule has 0 atom stereocenters. The molecule has 0 amide bonds. The predicted octanol–water partition coefficient (Wildman–Crippen LogP) is -0.240. The topological polar surface area (TPSA) is 34.1 Å². The van der Waals surface area contributed by atoms with Crippen molar-refractivity contribution in [3.05, 3.63) is 0 Å². The van der Waals surface area contributed by atoms with Crippen LogP contribution < -0.4 is 0 Å². The van der Waals surface area contributed by atoms with Crippen LogP contribution in [0.5, 0.6) is 0 Å². The van der Waals surface area contributed by atoms with Gasteiger partial charge in [0.05, 0.1) is 0 Å². The van der Waals surface area contributed by atoms with Crippen LogP contribution >= 0.6 is 0 Å². The first-order valence-corrected chi connectivity index (χ1v) is 2.82. The minimum atomic E-state index is 0.0556. The van der Waals surface area contributed by atoms with Gasteiger partial charge in [-0.25, -0.2) is 0 Å². The van der Waals surface area contributed by atoms with E-state index in [2.05, 4.69) is 0 Å². The zero-order valence-corrected chi connectivity index (χ0v) is 7.71. The Morgan fingerprint density at radius 3 is 1.25 bits per heavy atom. The third-order valence-electron chi connectivity index (χ3n) is 0. The third kappa shape index (κ3) is 8.96. The van der Waals surface area contributed by atoms with Crippen molar-refractivity contribution >= 4 is 0 Å². The molecule has 0 saturated carbocycles. The molecule has 0 spiro atoms. The van der Waals surface area contributed by atoms with Crippen LogP contribution in [0.4, 0.5) is 0 Å². The quantitative estimate of drug-likeness (QED) is 0.558. The van der Waals surface area contributed by atoms with Crippen molar-refractivity contribution in [3.63, 3.8) is 0 Å². The molecule has 0 aromatic carbocycles. The maximum absolute atomic E-state index is 8.39. The average Bonchev–Trinajstić information content (AvgIpc) is 1.50. The molecule has 0 saturated heterocycles. The van der Waals surface area contributed by atoms with E-state index < -0.39 is 0 Å². The Bertz CT molecular complexity index is 8.00. The molecular formula is EuHfO2. The van der Waals surface area contributed by atoms with Gasteiger partial charge in [0, 0.05) is 0 Å². The second kappa shape index (κ2) is 19.7. The summed E-state index contributed by atoms with van der Waals surface area (Å²) < 4.78 is 16.7. The first kappa shape index (κ1) is 9.41. The van der Waals surface area contributed by atoms with Crippen LogP contribution in [-0.2, 0) is 27.2 Å². The Labute approximate surface area is 72.5 Å². The predicted molar refractivity (Wildman–Crippen MR) is 1.37 cm³/mol. The van der Waals surface area contributed by atoms with Crippen LogP contribution in [0.1, 0.15) is 0 Å². The van der Waals surface area contributed by atoms with Gasteiger partial charge in [0.15, 0.2) is 0 Å². The minimum absolute atomic E-state index is 0.0556. The Morgan fingerprint density at radius 2 is 1.25 bits per heavy atom. The van der Waals surface area contributed by atoms with Gasteiger partial charge < -0.3 is 0 Å². The molecule has 0 radical (unpaired) electrons. The van der Waals surface area contributed by atoms with E-state index in [0.29, 0.717) is 47.2 Å². The fourth-order valence-electron chi connectivity index (χ4n) is 0. The van der Waals surface area contributed by atoms with E-state index >= 15 is 0 Å². The first-order valence-electron chi connectivity index (χ1n) is 0.358. The van der Waals surface area contributed by atoms with Crippen molar-refractivity contribution < 1.29 is 74.4 Å². The summed E-state index contributed by atoms with van der Waals surface area (Å²) >= 11 is 0.528. The molecule has 0 rings (SSSR count). The molecule has 4 heavy (non-hydrogen) atoms. The van der Waals surface area contributed by atoms with Gasteiger partial charge in [0.25, 0.3) is 0 Å². The molecule has 0 N–H and O–H groups in total. The maximum atomic E-state index is 8.39. The van der Waals surface area contributed by atoms with Gasteiger partial charge in [-0.3, -0.25) is 0 Å². The van der Waals surface area contributed by atoms with E-state index in [9.17, 15) is 0 Å². The van der Waals surface area contributed by atoms with Crippen LogP contribution in [0.2, 0.25) is 0 Å². The molecular weight excluding hydrogens is 362 g/mol. The summed E-state index contributed by atoms with van der Waals surface area (Å²) in [7, 11) is 0. The van der Waals surface area contributed by atoms with Gasteiger partial charge in [0.2, 0.25) is 0 Å².